The summed E-state index contributed by atoms with van der Waals surface area (Å²) in [5.41, 5.74) is 2.50. The Hall–Kier alpha value is -3.60. The number of aryl methyl sites for hydroxylation is 1. The van der Waals surface area contributed by atoms with Crippen LogP contribution in [0.4, 0.5) is 5.82 Å². The molecule has 0 atom stereocenters. The fraction of sp³-hybridized carbons (Fsp3) is 0.200. The van der Waals surface area contributed by atoms with Gasteiger partial charge in [0.15, 0.2) is 5.82 Å². The molecule has 2 amide bonds. The molecular formula is C25H22N4O4S2. The fourth-order valence-electron chi connectivity index (χ4n) is 3.80. The molecule has 1 aromatic carbocycles. The number of fused-ring (bicyclic) bond motifs is 1. The molecule has 0 saturated carbocycles. The predicted molar refractivity (Wildman–Crippen MR) is 138 cm³/mol. The quantitative estimate of drug-likeness (QED) is 0.262. The van der Waals surface area contributed by atoms with Gasteiger partial charge < -0.3 is 14.8 Å². The van der Waals surface area contributed by atoms with Crippen LogP contribution in [0, 0.1) is 6.92 Å². The molecule has 35 heavy (non-hydrogen) atoms. The lowest BCUT2D eigenvalue weighted by molar-refractivity contribution is -0.124. The van der Waals surface area contributed by atoms with Crippen LogP contribution in [-0.2, 0) is 14.3 Å². The van der Waals surface area contributed by atoms with E-state index < -0.39 is 11.8 Å². The number of nitrogens with zero attached hydrogens (tertiary/aromatic N) is 2. The minimum Gasteiger partial charge on any atom is -0.491 e. The van der Waals surface area contributed by atoms with Crippen LogP contribution >= 0.6 is 22.7 Å². The van der Waals surface area contributed by atoms with Crippen molar-refractivity contribution >= 4 is 50.5 Å². The van der Waals surface area contributed by atoms with E-state index in [1.807, 2.05) is 48.7 Å². The van der Waals surface area contributed by atoms with Crippen LogP contribution in [0.15, 0.2) is 53.0 Å². The van der Waals surface area contributed by atoms with Crippen LogP contribution in [-0.4, -0.2) is 42.1 Å². The molecule has 0 spiro atoms. The SMILES string of the molecule is COCCOc1cccc(-c2sc3nc(-c4cccs4)nc(NC4=C(C)C(=O)NC4=O)c3c2C)c1. The van der Waals surface area contributed by atoms with Gasteiger partial charge in [-0.15, -0.1) is 22.7 Å². The maximum atomic E-state index is 12.4. The zero-order valence-electron chi connectivity index (χ0n) is 19.3. The summed E-state index contributed by atoms with van der Waals surface area (Å²) < 4.78 is 10.9. The van der Waals surface area contributed by atoms with Gasteiger partial charge in [-0.2, -0.15) is 0 Å². The molecule has 5 rings (SSSR count). The van der Waals surface area contributed by atoms with Gasteiger partial charge in [-0.05, 0) is 48.6 Å². The standard InChI is InChI=1S/C25H22N4O4S2/c1-13-18-22(26-19-14(2)23(30)29-24(19)31)27-21(17-8-5-11-34-17)28-25(18)35-20(13)15-6-4-7-16(12-15)33-10-9-32-3/h4-8,11-12H,9-10H2,1-3H3,(H2,26,27,28,29,30,31). The molecule has 0 radical (unpaired) electrons. The van der Waals surface area contributed by atoms with Crippen molar-refractivity contribution in [1.29, 1.82) is 0 Å². The molecule has 4 heterocycles. The number of thiophene rings is 2. The first-order chi connectivity index (χ1) is 17.0. The Morgan fingerprint density at radius 1 is 1.06 bits per heavy atom. The normalized spacial score (nSPS) is 13.6. The van der Waals surface area contributed by atoms with E-state index >= 15 is 0 Å². The maximum absolute atomic E-state index is 12.4. The molecule has 8 nitrogen and oxygen atoms in total. The van der Waals surface area contributed by atoms with Crippen LogP contribution in [0.25, 0.3) is 31.4 Å². The molecule has 0 saturated heterocycles. The lowest BCUT2D eigenvalue weighted by Gasteiger charge is -2.10. The number of rotatable bonds is 8. The first-order valence-electron chi connectivity index (χ1n) is 10.9. The molecule has 3 aromatic heterocycles. The predicted octanol–water partition coefficient (Wildman–Crippen LogP) is 4.76. The summed E-state index contributed by atoms with van der Waals surface area (Å²) in [5, 5.41) is 8.23. The second-order valence-corrected chi connectivity index (χ2v) is 9.83. The van der Waals surface area contributed by atoms with Gasteiger partial charge in [0.05, 0.1) is 16.9 Å². The topological polar surface area (TPSA) is 102 Å². The average molecular weight is 507 g/mol. The van der Waals surface area contributed by atoms with E-state index in [1.165, 1.54) is 11.3 Å². The van der Waals surface area contributed by atoms with Crippen molar-refractivity contribution < 1.29 is 19.1 Å². The van der Waals surface area contributed by atoms with Crippen LogP contribution in [0.3, 0.4) is 0 Å². The summed E-state index contributed by atoms with van der Waals surface area (Å²) >= 11 is 3.09. The number of amides is 2. The number of carbonyl (C=O) groups excluding carboxylic acids is 2. The molecule has 178 valence electrons. The minimum atomic E-state index is -0.467. The van der Waals surface area contributed by atoms with E-state index in [4.69, 9.17) is 19.4 Å². The van der Waals surface area contributed by atoms with E-state index in [9.17, 15) is 9.59 Å². The highest BCUT2D eigenvalue weighted by Gasteiger charge is 2.29. The Labute approximate surface area is 209 Å². The number of anilines is 1. The average Bonchev–Trinajstić information content (AvgIpc) is 3.55. The monoisotopic (exact) mass is 506 g/mol. The molecule has 0 aliphatic carbocycles. The summed E-state index contributed by atoms with van der Waals surface area (Å²) in [5.74, 6) is 0.926. The van der Waals surface area contributed by atoms with Crippen molar-refractivity contribution in [3.8, 4) is 26.9 Å². The Morgan fingerprint density at radius 3 is 2.63 bits per heavy atom. The number of hydrogen-bond donors (Lipinski definition) is 2. The van der Waals surface area contributed by atoms with Crippen LogP contribution in [0.2, 0.25) is 0 Å². The molecule has 1 aliphatic rings. The van der Waals surface area contributed by atoms with E-state index in [-0.39, 0.29) is 5.70 Å². The van der Waals surface area contributed by atoms with E-state index in [0.717, 1.165) is 36.8 Å². The van der Waals surface area contributed by atoms with E-state index in [2.05, 4.69) is 10.6 Å². The van der Waals surface area contributed by atoms with Crippen LogP contribution in [0.5, 0.6) is 5.75 Å². The van der Waals surface area contributed by atoms with Gasteiger partial charge in [-0.1, -0.05) is 18.2 Å². The summed E-state index contributed by atoms with van der Waals surface area (Å²) in [7, 11) is 1.64. The summed E-state index contributed by atoms with van der Waals surface area (Å²) in [6, 6.07) is 11.8. The first-order valence-corrected chi connectivity index (χ1v) is 12.6. The van der Waals surface area contributed by atoms with Gasteiger partial charge in [0.1, 0.15) is 28.7 Å². The van der Waals surface area contributed by atoms with E-state index in [0.29, 0.717) is 30.4 Å². The summed E-state index contributed by atoms with van der Waals surface area (Å²) in [6.07, 6.45) is 0. The van der Waals surface area contributed by atoms with Gasteiger partial charge >= 0.3 is 0 Å². The van der Waals surface area contributed by atoms with Crippen LogP contribution in [0.1, 0.15) is 12.5 Å². The Balaban J connectivity index is 1.63. The number of aromatic nitrogens is 2. The van der Waals surface area contributed by atoms with Crippen LogP contribution < -0.4 is 15.4 Å². The third-order valence-corrected chi connectivity index (χ3v) is 7.70. The highest BCUT2D eigenvalue weighted by atomic mass is 32.1. The van der Waals surface area contributed by atoms with Crippen molar-refractivity contribution in [2.45, 2.75) is 13.8 Å². The fourth-order valence-corrected chi connectivity index (χ4v) is 5.64. The van der Waals surface area contributed by atoms with Gasteiger partial charge in [-0.25, -0.2) is 9.97 Å². The Kier molecular flexibility index (Phi) is 6.33. The van der Waals surface area contributed by atoms with Crippen molar-refractivity contribution in [3.63, 3.8) is 0 Å². The molecule has 2 N–H and O–H groups in total. The Morgan fingerprint density at radius 2 is 1.91 bits per heavy atom. The number of imide groups is 1. The number of hydrogen-bond acceptors (Lipinski definition) is 9. The number of carbonyl (C=O) groups is 2. The zero-order chi connectivity index (χ0) is 24.5. The molecule has 1 aliphatic heterocycles. The summed E-state index contributed by atoms with van der Waals surface area (Å²) in [4.78, 5) is 36.7. The van der Waals surface area contributed by atoms with Crippen molar-refractivity contribution in [2.75, 3.05) is 25.6 Å². The second kappa shape index (κ2) is 9.57. The lowest BCUT2D eigenvalue weighted by atomic mass is 10.1. The first kappa shape index (κ1) is 23.2. The molecule has 4 aromatic rings. The summed E-state index contributed by atoms with van der Waals surface area (Å²) in [6.45, 7) is 4.59. The Bertz CT molecular complexity index is 1470. The minimum absolute atomic E-state index is 0.202. The van der Waals surface area contributed by atoms with E-state index in [1.54, 1.807) is 25.4 Å². The molecule has 0 unspecified atom stereocenters. The third-order valence-electron chi connectivity index (χ3n) is 5.60. The number of ether oxygens (including phenoxy) is 2. The van der Waals surface area contributed by atoms with Crippen molar-refractivity contribution in [2.24, 2.45) is 0 Å². The lowest BCUT2D eigenvalue weighted by Crippen LogP contribution is -2.24. The molecular weight excluding hydrogens is 484 g/mol. The number of nitrogens with one attached hydrogen (secondary N) is 2. The number of methoxy groups -OCH3 is 1. The number of benzene rings is 1. The highest BCUT2D eigenvalue weighted by Crippen LogP contribution is 2.42. The second-order valence-electron chi connectivity index (χ2n) is 7.89. The van der Waals surface area contributed by atoms with Gasteiger partial charge in [0, 0.05) is 17.6 Å². The highest BCUT2D eigenvalue weighted by molar-refractivity contribution is 7.22. The largest absolute Gasteiger partial charge is 0.491 e. The van der Waals surface area contributed by atoms with Crippen molar-refractivity contribution in [3.05, 3.63) is 58.6 Å². The van der Waals surface area contributed by atoms with Crippen molar-refractivity contribution in [1.82, 2.24) is 15.3 Å². The van der Waals surface area contributed by atoms with Gasteiger partial charge in [0.25, 0.3) is 11.8 Å². The molecule has 10 heteroatoms. The maximum Gasteiger partial charge on any atom is 0.275 e. The third kappa shape index (κ3) is 4.43. The molecule has 0 bridgehead atoms. The smallest absolute Gasteiger partial charge is 0.275 e. The van der Waals surface area contributed by atoms with Gasteiger partial charge in [0.2, 0.25) is 0 Å². The zero-order valence-corrected chi connectivity index (χ0v) is 20.9. The molecule has 0 fully saturated rings. The van der Waals surface area contributed by atoms with Gasteiger partial charge in [-0.3, -0.25) is 14.9 Å².